The first-order valence-corrected chi connectivity index (χ1v) is 5.70. The van der Waals surface area contributed by atoms with Gasteiger partial charge in [-0.1, -0.05) is 12.1 Å². The summed E-state index contributed by atoms with van der Waals surface area (Å²) in [5.41, 5.74) is 5.37. The molecule has 0 aliphatic rings. The molecule has 1 aromatic heterocycles. The van der Waals surface area contributed by atoms with Gasteiger partial charge in [-0.15, -0.1) is 0 Å². The summed E-state index contributed by atoms with van der Waals surface area (Å²) >= 11 is 3.20. The lowest BCUT2D eigenvalue weighted by atomic mass is 10.3. The second-order valence-corrected chi connectivity index (χ2v) is 4.20. The van der Waals surface area contributed by atoms with Gasteiger partial charge in [0.1, 0.15) is 5.82 Å². The number of hydrogen-bond acceptors (Lipinski definition) is 5. The zero-order chi connectivity index (χ0) is 13.1. The van der Waals surface area contributed by atoms with Gasteiger partial charge in [0.15, 0.2) is 0 Å². The van der Waals surface area contributed by atoms with Crippen molar-refractivity contribution in [1.82, 2.24) is 4.98 Å². The molecule has 18 heavy (non-hydrogen) atoms. The van der Waals surface area contributed by atoms with Crippen molar-refractivity contribution in [3.8, 4) is 11.6 Å². The maximum Gasteiger partial charge on any atom is 0.312 e. The summed E-state index contributed by atoms with van der Waals surface area (Å²) in [5.74, 6) is 0.577. The van der Waals surface area contributed by atoms with Gasteiger partial charge in [0.25, 0.3) is 0 Å². The fourth-order valence-corrected chi connectivity index (χ4v) is 1.77. The lowest BCUT2D eigenvalue weighted by molar-refractivity contribution is -0.385. The molecule has 0 atom stereocenters. The Morgan fingerprint density at radius 1 is 1.28 bits per heavy atom. The van der Waals surface area contributed by atoms with E-state index in [1.54, 1.807) is 30.3 Å². The fraction of sp³-hybridized carbons (Fsp3) is 0. The van der Waals surface area contributed by atoms with Gasteiger partial charge in [-0.3, -0.25) is 10.1 Å². The van der Waals surface area contributed by atoms with Crippen molar-refractivity contribution in [2.45, 2.75) is 0 Å². The van der Waals surface area contributed by atoms with Crippen molar-refractivity contribution in [1.29, 1.82) is 0 Å². The molecule has 0 radical (unpaired) electrons. The number of para-hydroxylation sites is 1. The monoisotopic (exact) mass is 309 g/mol. The predicted octanol–water partition coefficient (Wildman–Crippen LogP) is 3.13. The maximum absolute atomic E-state index is 10.9. The molecule has 1 heterocycles. The van der Waals surface area contributed by atoms with Gasteiger partial charge < -0.3 is 10.5 Å². The van der Waals surface area contributed by atoms with E-state index in [2.05, 4.69) is 20.9 Å². The van der Waals surface area contributed by atoms with Crippen molar-refractivity contribution in [3.63, 3.8) is 0 Å². The van der Waals surface area contributed by atoms with Crippen LogP contribution in [0.15, 0.2) is 40.9 Å². The molecule has 0 aliphatic carbocycles. The Kier molecular flexibility index (Phi) is 3.42. The van der Waals surface area contributed by atoms with Gasteiger partial charge in [-0.05, 0) is 28.1 Å². The zero-order valence-electron chi connectivity index (χ0n) is 9.04. The largest absolute Gasteiger partial charge is 0.431 e. The highest BCUT2D eigenvalue weighted by Crippen LogP contribution is 2.37. The van der Waals surface area contributed by atoms with Crippen molar-refractivity contribution >= 4 is 27.4 Å². The molecular weight excluding hydrogens is 302 g/mol. The van der Waals surface area contributed by atoms with Crippen LogP contribution in [0.25, 0.3) is 0 Å². The van der Waals surface area contributed by atoms with Crippen molar-refractivity contribution in [3.05, 3.63) is 51.0 Å². The Bertz CT molecular complexity index is 604. The van der Waals surface area contributed by atoms with E-state index < -0.39 is 4.92 Å². The number of nitro groups is 1. The highest BCUT2D eigenvalue weighted by molar-refractivity contribution is 9.10. The van der Waals surface area contributed by atoms with Crippen LogP contribution in [0.5, 0.6) is 11.6 Å². The fourth-order valence-electron chi connectivity index (χ4n) is 1.33. The number of hydrogen-bond donors (Lipinski definition) is 1. The van der Waals surface area contributed by atoms with Gasteiger partial charge in [0.05, 0.1) is 9.40 Å². The maximum atomic E-state index is 10.9. The molecule has 0 amide bonds. The van der Waals surface area contributed by atoms with E-state index in [9.17, 15) is 10.1 Å². The second kappa shape index (κ2) is 5.01. The Balaban J connectivity index is 2.42. The summed E-state index contributed by atoms with van der Waals surface area (Å²) in [4.78, 5) is 14.3. The summed E-state index contributed by atoms with van der Waals surface area (Å²) in [6.45, 7) is 0. The molecule has 0 spiro atoms. The van der Waals surface area contributed by atoms with E-state index in [0.29, 0.717) is 4.47 Å². The van der Waals surface area contributed by atoms with Gasteiger partial charge in [-0.25, -0.2) is 0 Å². The molecule has 1 aromatic carbocycles. The number of anilines is 1. The summed E-state index contributed by atoms with van der Waals surface area (Å²) in [6.07, 6.45) is 0. The minimum absolute atomic E-state index is 0.0978. The van der Waals surface area contributed by atoms with Crippen LogP contribution in [0.3, 0.4) is 0 Å². The standard InChI is InChI=1S/C11H8BrN3O3/c12-7-3-1-4-8(15(16)17)11(7)18-10-6-2-5-9(13)14-10/h1-6H,(H2,13,14). The van der Waals surface area contributed by atoms with E-state index in [1.165, 1.54) is 6.07 Å². The first-order valence-electron chi connectivity index (χ1n) is 4.91. The van der Waals surface area contributed by atoms with Crippen LogP contribution in [0, 0.1) is 10.1 Å². The average Bonchev–Trinajstić information content (AvgIpc) is 2.31. The van der Waals surface area contributed by atoms with Gasteiger partial charge in [0, 0.05) is 12.1 Å². The lowest BCUT2D eigenvalue weighted by Crippen LogP contribution is -1.97. The van der Waals surface area contributed by atoms with Crippen molar-refractivity contribution in [2.24, 2.45) is 0 Å². The second-order valence-electron chi connectivity index (χ2n) is 3.35. The van der Waals surface area contributed by atoms with E-state index in [4.69, 9.17) is 10.5 Å². The minimum atomic E-state index is -0.521. The third-order valence-corrected chi connectivity index (χ3v) is 2.72. The summed E-state index contributed by atoms with van der Waals surface area (Å²) in [6, 6.07) is 9.38. The number of nitrogens with two attached hydrogens (primary N) is 1. The molecule has 2 N–H and O–H groups in total. The van der Waals surface area contributed by atoms with E-state index >= 15 is 0 Å². The quantitative estimate of drug-likeness (QED) is 0.694. The molecule has 0 aliphatic heterocycles. The van der Waals surface area contributed by atoms with Crippen molar-refractivity contribution in [2.75, 3.05) is 5.73 Å². The normalized spacial score (nSPS) is 10.1. The lowest BCUT2D eigenvalue weighted by Gasteiger charge is -2.07. The molecule has 2 rings (SSSR count). The molecular formula is C11H8BrN3O3. The number of pyridine rings is 1. The van der Waals surface area contributed by atoms with Crippen LogP contribution in [0.4, 0.5) is 11.5 Å². The summed E-state index contributed by atoms with van der Waals surface area (Å²) < 4.78 is 5.88. The zero-order valence-corrected chi connectivity index (χ0v) is 10.6. The smallest absolute Gasteiger partial charge is 0.312 e. The first-order chi connectivity index (χ1) is 8.58. The van der Waals surface area contributed by atoms with Gasteiger partial charge >= 0.3 is 5.69 Å². The summed E-state index contributed by atoms with van der Waals surface area (Å²) in [7, 11) is 0. The van der Waals surface area contributed by atoms with E-state index in [-0.39, 0.29) is 23.1 Å². The number of aromatic nitrogens is 1. The average molecular weight is 310 g/mol. The Morgan fingerprint density at radius 3 is 2.67 bits per heavy atom. The van der Waals surface area contributed by atoms with Crippen LogP contribution in [0.2, 0.25) is 0 Å². The highest BCUT2D eigenvalue weighted by atomic mass is 79.9. The number of nitrogens with zero attached hydrogens (tertiary/aromatic N) is 2. The number of nitrogen functional groups attached to an aromatic ring is 1. The Hall–Kier alpha value is -2.15. The van der Waals surface area contributed by atoms with Crippen LogP contribution < -0.4 is 10.5 Å². The minimum Gasteiger partial charge on any atom is -0.431 e. The Morgan fingerprint density at radius 2 is 2.00 bits per heavy atom. The molecule has 0 saturated heterocycles. The van der Waals surface area contributed by atoms with Gasteiger partial charge in [-0.2, -0.15) is 4.98 Å². The van der Waals surface area contributed by atoms with E-state index in [1.807, 2.05) is 0 Å². The third kappa shape index (κ3) is 2.57. The van der Waals surface area contributed by atoms with Crippen LogP contribution in [0.1, 0.15) is 0 Å². The number of rotatable bonds is 3. The predicted molar refractivity (Wildman–Crippen MR) is 69.5 cm³/mol. The first kappa shape index (κ1) is 12.3. The molecule has 0 saturated carbocycles. The van der Waals surface area contributed by atoms with E-state index in [0.717, 1.165) is 0 Å². The molecule has 0 bridgehead atoms. The van der Waals surface area contributed by atoms with Crippen LogP contribution in [-0.2, 0) is 0 Å². The number of halogens is 1. The van der Waals surface area contributed by atoms with Crippen molar-refractivity contribution < 1.29 is 9.66 Å². The molecule has 0 fully saturated rings. The molecule has 92 valence electrons. The summed E-state index contributed by atoms with van der Waals surface area (Å²) in [5, 5.41) is 10.9. The molecule has 2 aromatic rings. The third-order valence-electron chi connectivity index (χ3n) is 2.09. The highest BCUT2D eigenvalue weighted by Gasteiger charge is 2.19. The number of benzene rings is 1. The van der Waals surface area contributed by atoms with Crippen LogP contribution in [-0.4, -0.2) is 9.91 Å². The molecule has 0 unspecified atom stereocenters. The van der Waals surface area contributed by atoms with Gasteiger partial charge in [0.2, 0.25) is 11.6 Å². The Labute approximate surface area is 111 Å². The number of nitro benzene ring substituents is 1. The molecule has 6 nitrogen and oxygen atoms in total. The SMILES string of the molecule is Nc1cccc(Oc2c(Br)cccc2[N+](=O)[O-])n1. The topological polar surface area (TPSA) is 91.3 Å². The van der Waals surface area contributed by atoms with Crippen LogP contribution >= 0.6 is 15.9 Å². The molecule has 7 heteroatoms. The number of ether oxygens (including phenoxy) is 1.